The van der Waals surface area contributed by atoms with Gasteiger partial charge in [-0.25, -0.2) is 0 Å². The monoisotopic (exact) mass is 450 g/mol. The number of aliphatic imine (C=N–C) groups is 1. The van der Waals surface area contributed by atoms with Crippen LogP contribution in [-0.4, -0.2) is 63.2 Å². The highest BCUT2D eigenvalue weighted by Gasteiger charge is 2.19. The Bertz CT molecular complexity index is 501. The van der Waals surface area contributed by atoms with Gasteiger partial charge in [-0.05, 0) is 25.5 Å². The van der Waals surface area contributed by atoms with Gasteiger partial charge in [-0.3, -0.25) is 9.79 Å². The van der Waals surface area contributed by atoms with Crippen molar-refractivity contribution < 1.29 is 13.9 Å². The molecule has 1 aliphatic rings. The van der Waals surface area contributed by atoms with E-state index in [-0.39, 0.29) is 29.9 Å². The minimum Gasteiger partial charge on any atom is -0.459 e. The summed E-state index contributed by atoms with van der Waals surface area (Å²) in [5.74, 6) is 1.51. The molecule has 0 aromatic carbocycles. The smallest absolute Gasteiger partial charge is 0.287 e. The number of hydrogen-bond acceptors (Lipinski definition) is 4. The summed E-state index contributed by atoms with van der Waals surface area (Å²) >= 11 is 0. The van der Waals surface area contributed by atoms with Crippen LogP contribution < -0.4 is 10.6 Å². The number of amides is 1. The Morgan fingerprint density at radius 3 is 2.92 bits per heavy atom. The largest absolute Gasteiger partial charge is 0.459 e. The number of hydrogen-bond donors (Lipinski definition) is 2. The Hall–Kier alpha value is -1.29. The molecule has 1 amide bonds. The lowest BCUT2D eigenvalue weighted by Gasteiger charge is -2.24. The minimum atomic E-state index is -0.216. The molecule has 136 valence electrons. The van der Waals surface area contributed by atoms with Gasteiger partial charge in [0, 0.05) is 39.2 Å². The van der Waals surface area contributed by atoms with Gasteiger partial charge in [0.15, 0.2) is 11.7 Å². The molecule has 1 aromatic heterocycles. The lowest BCUT2D eigenvalue weighted by molar-refractivity contribution is 0.0927. The highest BCUT2D eigenvalue weighted by molar-refractivity contribution is 14.0. The molecule has 0 saturated carbocycles. The van der Waals surface area contributed by atoms with Gasteiger partial charge in [0.05, 0.1) is 19.4 Å². The first kappa shape index (κ1) is 20.8. The van der Waals surface area contributed by atoms with Crippen LogP contribution in [0.4, 0.5) is 0 Å². The number of ether oxygens (including phenoxy) is 1. The maximum absolute atomic E-state index is 11.7. The second kappa shape index (κ2) is 11.3. The fourth-order valence-corrected chi connectivity index (χ4v) is 2.50. The maximum atomic E-state index is 11.7. The van der Waals surface area contributed by atoms with E-state index in [9.17, 15) is 4.79 Å². The van der Waals surface area contributed by atoms with Gasteiger partial charge in [-0.2, -0.15) is 0 Å². The molecular weight excluding hydrogens is 423 g/mol. The number of halogens is 1. The van der Waals surface area contributed by atoms with Gasteiger partial charge in [0.1, 0.15) is 0 Å². The number of furan rings is 1. The number of rotatable bonds is 7. The average molecular weight is 450 g/mol. The molecule has 7 nitrogen and oxygen atoms in total. The zero-order valence-corrected chi connectivity index (χ0v) is 16.6. The van der Waals surface area contributed by atoms with E-state index in [0.717, 1.165) is 38.7 Å². The Morgan fingerprint density at radius 1 is 1.46 bits per heavy atom. The highest BCUT2D eigenvalue weighted by Crippen LogP contribution is 2.13. The predicted molar refractivity (Wildman–Crippen MR) is 104 cm³/mol. The predicted octanol–water partition coefficient (Wildman–Crippen LogP) is 1.56. The van der Waals surface area contributed by atoms with Crippen LogP contribution in [0.15, 0.2) is 27.8 Å². The fourth-order valence-electron chi connectivity index (χ4n) is 2.50. The third-order valence-corrected chi connectivity index (χ3v) is 3.66. The van der Waals surface area contributed by atoms with Gasteiger partial charge in [-0.15, -0.1) is 24.0 Å². The zero-order chi connectivity index (χ0) is 16.5. The van der Waals surface area contributed by atoms with Crippen LogP contribution in [0.25, 0.3) is 0 Å². The lowest BCUT2D eigenvalue weighted by atomic mass is 10.1. The molecule has 1 unspecified atom stereocenters. The van der Waals surface area contributed by atoms with Gasteiger partial charge < -0.3 is 24.7 Å². The fraction of sp³-hybridized carbons (Fsp3) is 0.625. The number of carbonyl (C=O) groups is 1. The number of nitrogens with one attached hydrogen (secondary N) is 2. The summed E-state index contributed by atoms with van der Waals surface area (Å²) in [5, 5.41) is 6.06. The molecule has 2 heterocycles. The van der Waals surface area contributed by atoms with Crippen molar-refractivity contribution in [3.8, 4) is 0 Å². The molecule has 0 radical (unpaired) electrons. The molecule has 1 atom stereocenters. The topological polar surface area (TPSA) is 79.1 Å². The van der Waals surface area contributed by atoms with Gasteiger partial charge >= 0.3 is 0 Å². The summed E-state index contributed by atoms with van der Waals surface area (Å²) in [5.41, 5.74) is 0. The van der Waals surface area contributed by atoms with Crippen LogP contribution in [0.5, 0.6) is 0 Å². The molecule has 1 saturated heterocycles. The Labute approximate surface area is 160 Å². The second-order valence-electron chi connectivity index (χ2n) is 5.58. The van der Waals surface area contributed by atoms with Crippen LogP contribution in [0.1, 0.15) is 23.9 Å². The summed E-state index contributed by atoms with van der Waals surface area (Å²) in [6.07, 6.45) is 2.58. The van der Waals surface area contributed by atoms with Crippen molar-refractivity contribution in [1.82, 2.24) is 15.5 Å². The maximum Gasteiger partial charge on any atom is 0.287 e. The Morgan fingerprint density at radius 2 is 2.29 bits per heavy atom. The molecule has 24 heavy (non-hydrogen) atoms. The minimum absolute atomic E-state index is 0. The second-order valence-corrected chi connectivity index (χ2v) is 5.58. The van der Waals surface area contributed by atoms with E-state index in [1.54, 1.807) is 12.1 Å². The SMILES string of the molecule is CCNC(=NCCNC(=O)c1ccco1)N(C)CC1CCOC1.I. The molecule has 8 heteroatoms. The normalized spacial score (nSPS) is 17.2. The molecule has 0 spiro atoms. The van der Waals surface area contributed by atoms with E-state index in [0.29, 0.717) is 24.8 Å². The van der Waals surface area contributed by atoms with Crippen molar-refractivity contribution in [3.05, 3.63) is 24.2 Å². The van der Waals surface area contributed by atoms with Crippen molar-refractivity contribution in [2.24, 2.45) is 10.9 Å². The van der Waals surface area contributed by atoms with Crippen molar-refractivity contribution in [2.75, 3.05) is 46.4 Å². The first-order valence-corrected chi connectivity index (χ1v) is 8.09. The molecule has 1 fully saturated rings. The molecule has 0 aliphatic carbocycles. The Kier molecular flexibility index (Phi) is 9.77. The summed E-state index contributed by atoms with van der Waals surface area (Å²) in [7, 11) is 2.03. The lowest BCUT2D eigenvalue weighted by Crippen LogP contribution is -2.42. The Balaban J connectivity index is 0.00000288. The molecule has 1 aromatic rings. The first-order chi connectivity index (χ1) is 11.2. The number of nitrogens with zero attached hydrogens (tertiary/aromatic N) is 2. The van der Waals surface area contributed by atoms with Crippen molar-refractivity contribution >= 4 is 35.8 Å². The van der Waals surface area contributed by atoms with E-state index in [1.165, 1.54) is 6.26 Å². The molecular formula is C16H27IN4O3. The third-order valence-electron chi connectivity index (χ3n) is 3.66. The molecule has 2 rings (SSSR count). The third kappa shape index (κ3) is 6.68. The van der Waals surface area contributed by atoms with E-state index in [2.05, 4.69) is 20.5 Å². The molecule has 0 bridgehead atoms. The quantitative estimate of drug-likeness (QED) is 0.285. The first-order valence-electron chi connectivity index (χ1n) is 8.09. The number of carbonyl (C=O) groups excluding carboxylic acids is 1. The van der Waals surface area contributed by atoms with Crippen LogP contribution in [0.2, 0.25) is 0 Å². The van der Waals surface area contributed by atoms with Crippen LogP contribution in [0, 0.1) is 5.92 Å². The van der Waals surface area contributed by atoms with Gasteiger partial charge in [0.25, 0.3) is 5.91 Å². The molecule has 2 N–H and O–H groups in total. The van der Waals surface area contributed by atoms with Crippen LogP contribution in [-0.2, 0) is 4.74 Å². The zero-order valence-electron chi connectivity index (χ0n) is 14.3. The van der Waals surface area contributed by atoms with Crippen molar-refractivity contribution in [2.45, 2.75) is 13.3 Å². The summed E-state index contributed by atoms with van der Waals surface area (Å²) in [4.78, 5) is 18.4. The summed E-state index contributed by atoms with van der Waals surface area (Å²) in [6, 6.07) is 3.33. The number of guanidine groups is 1. The average Bonchev–Trinajstić information content (AvgIpc) is 3.23. The van der Waals surface area contributed by atoms with Crippen molar-refractivity contribution in [1.29, 1.82) is 0 Å². The van der Waals surface area contributed by atoms with Gasteiger partial charge in [0.2, 0.25) is 0 Å². The highest BCUT2D eigenvalue weighted by atomic mass is 127. The standard InChI is InChI=1S/C16H26N4O3.HI/c1-3-17-16(20(2)11-13-6-10-22-12-13)19-8-7-18-15(21)14-5-4-9-23-14;/h4-5,9,13H,3,6-8,10-12H2,1-2H3,(H,17,19)(H,18,21);1H. The van der Waals surface area contributed by atoms with Crippen LogP contribution >= 0.6 is 24.0 Å². The van der Waals surface area contributed by atoms with E-state index in [4.69, 9.17) is 9.15 Å². The van der Waals surface area contributed by atoms with Gasteiger partial charge in [-0.1, -0.05) is 0 Å². The van der Waals surface area contributed by atoms with E-state index >= 15 is 0 Å². The summed E-state index contributed by atoms with van der Waals surface area (Å²) in [6.45, 7) is 6.43. The van der Waals surface area contributed by atoms with Crippen LogP contribution in [0.3, 0.4) is 0 Å². The van der Waals surface area contributed by atoms with Crippen molar-refractivity contribution in [3.63, 3.8) is 0 Å². The summed E-state index contributed by atoms with van der Waals surface area (Å²) < 4.78 is 10.5. The van der Waals surface area contributed by atoms with E-state index in [1.807, 2.05) is 14.0 Å². The molecule has 1 aliphatic heterocycles. The van der Waals surface area contributed by atoms with E-state index < -0.39 is 0 Å².